The van der Waals surface area contributed by atoms with Crippen LogP contribution in [-0.2, 0) is 0 Å². The molecule has 0 unspecified atom stereocenters. The third kappa shape index (κ3) is 0.785. The number of fused-ring (bicyclic) bond motifs is 1. The molecule has 2 rings (SSSR count). The smallest absolute Gasteiger partial charge is 0.315 e. The third-order valence-corrected chi connectivity index (χ3v) is 3.46. The Balaban J connectivity index is 2.12. The van der Waals surface area contributed by atoms with E-state index in [4.69, 9.17) is 0 Å². The monoisotopic (exact) mass is 158 g/mol. The van der Waals surface area contributed by atoms with Crippen LogP contribution in [0.2, 0.25) is 0 Å². The molecule has 0 spiro atoms. The number of hydrogen-bond donors (Lipinski definition) is 2. The largest absolute Gasteiger partial charge is 0.332 e. The Morgan fingerprint density at radius 2 is 2.40 bits per heavy atom. The fourth-order valence-electron chi connectivity index (χ4n) is 1.50. The second-order valence-corrected chi connectivity index (χ2v) is 4.20. The summed E-state index contributed by atoms with van der Waals surface area (Å²) in [6.45, 7) is 2.16. The van der Waals surface area contributed by atoms with Gasteiger partial charge >= 0.3 is 6.03 Å². The van der Waals surface area contributed by atoms with Crippen molar-refractivity contribution in [2.45, 2.75) is 24.3 Å². The number of rotatable bonds is 0. The molecular formula is C6H10N2OS. The zero-order valence-electron chi connectivity index (χ0n) is 5.76. The van der Waals surface area contributed by atoms with Gasteiger partial charge in [0, 0.05) is 11.0 Å². The topological polar surface area (TPSA) is 41.1 Å². The molecule has 2 aliphatic heterocycles. The van der Waals surface area contributed by atoms with Gasteiger partial charge in [0.1, 0.15) is 0 Å². The Hall–Kier alpha value is -0.380. The fraction of sp³-hybridized carbons (Fsp3) is 0.833. The summed E-state index contributed by atoms with van der Waals surface area (Å²) in [5.41, 5.74) is 0. The molecule has 3 atom stereocenters. The normalized spacial score (nSPS) is 44.5. The second-order valence-electron chi connectivity index (χ2n) is 2.79. The number of nitrogens with one attached hydrogen (secondary N) is 2. The number of urea groups is 1. The fourth-order valence-corrected chi connectivity index (χ4v) is 2.77. The van der Waals surface area contributed by atoms with Crippen molar-refractivity contribution < 1.29 is 4.79 Å². The van der Waals surface area contributed by atoms with Gasteiger partial charge in [-0.3, -0.25) is 0 Å². The van der Waals surface area contributed by atoms with Crippen molar-refractivity contribution in [2.75, 3.05) is 5.75 Å². The van der Waals surface area contributed by atoms with Crippen LogP contribution in [0.25, 0.3) is 0 Å². The molecule has 0 bridgehead atoms. The maximum absolute atomic E-state index is 10.8. The van der Waals surface area contributed by atoms with Gasteiger partial charge < -0.3 is 10.6 Å². The van der Waals surface area contributed by atoms with Gasteiger partial charge in [-0.25, -0.2) is 4.79 Å². The van der Waals surface area contributed by atoms with Crippen molar-refractivity contribution in [1.29, 1.82) is 0 Å². The lowest BCUT2D eigenvalue weighted by molar-refractivity contribution is 0.247. The van der Waals surface area contributed by atoms with Crippen LogP contribution >= 0.6 is 11.8 Å². The second kappa shape index (κ2) is 2.05. The molecule has 56 valence electrons. The van der Waals surface area contributed by atoms with Gasteiger partial charge in [0.25, 0.3) is 0 Å². The molecule has 0 radical (unpaired) electrons. The first kappa shape index (κ1) is 6.34. The van der Waals surface area contributed by atoms with Crippen LogP contribution < -0.4 is 10.6 Å². The standard InChI is InChI=1S/C6H10N2OS/c1-3-5-4(2-10-3)7-6(9)8-5/h3-5H,2H2,1H3,(H2,7,8,9)/t3-,4+,5-/m1/s1. The molecule has 10 heavy (non-hydrogen) atoms. The van der Waals surface area contributed by atoms with Crippen LogP contribution in [0.15, 0.2) is 0 Å². The zero-order valence-corrected chi connectivity index (χ0v) is 6.57. The summed E-state index contributed by atoms with van der Waals surface area (Å²) in [6.07, 6.45) is 0. The molecule has 2 aliphatic rings. The molecule has 2 heterocycles. The Bertz CT molecular complexity index is 173. The van der Waals surface area contributed by atoms with Crippen molar-refractivity contribution in [2.24, 2.45) is 0 Å². The molecular weight excluding hydrogens is 148 g/mol. The molecule has 2 saturated heterocycles. The van der Waals surface area contributed by atoms with E-state index in [0.29, 0.717) is 17.3 Å². The number of thioether (sulfide) groups is 1. The van der Waals surface area contributed by atoms with E-state index in [1.54, 1.807) is 0 Å². The van der Waals surface area contributed by atoms with Crippen molar-refractivity contribution >= 4 is 17.8 Å². The van der Waals surface area contributed by atoms with E-state index in [2.05, 4.69) is 17.6 Å². The Kier molecular flexibility index (Phi) is 1.30. The number of carbonyl (C=O) groups excluding carboxylic acids is 1. The van der Waals surface area contributed by atoms with E-state index in [-0.39, 0.29) is 6.03 Å². The van der Waals surface area contributed by atoms with Crippen LogP contribution in [0.3, 0.4) is 0 Å². The van der Waals surface area contributed by atoms with Crippen molar-refractivity contribution in [3.05, 3.63) is 0 Å². The SMILES string of the molecule is C[C@H]1SC[C@@H]2NC(=O)N[C@@H]21. The molecule has 0 aromatic heterocycles. The Morgan fingerprint density at radius 1 is 1.60 bits per heavy atom. The van der Waals surface area contributed by atoms with Gasteiger partial charge in [-0.1, -0.05) is 6.92 Å². The predicted octanol–water partition coefficient (Wildman–Crippen LogP) is 0.172. The van der Waals surface area contributed by atoms with E-state index in [9.17, 15) is 4.79 Å². The number of amides is 2. The average Bonchev–Trinajstić information content (AvgIpc) is 2.35. The highest BCUT2D eigenvalue weighted by molar-refractivity contribution is 8.00. The lowest BCUT2D eigenvalue weighted by atomic mass is 10.1. The van der Waals surface area contributed by atoms with Crippen LogP contribution in [0.1, 0.15) is 6.92 Å². The summed E-state index contributed by atoms with van der Waals surface area (Å²) in [6, 6.07) is 0.757. The summed E-state index contributed by atoms with van der Waals surface area (Å²) >= 11 is 1.91. The summed E-state index contributed by atoms with van der Waals surface area (Å²) in [5, 5.41) is 6.34. The van der Waals surface area contributed by atoms with Crippen LogP contribution in [0.4, 0.5) is 4.79 Å². The molecule has 2 fully saturated rings. The van der Waals surface area contributed by atoms with E-state index in [1.165, 1.54) is 0 Å². The molecule has 0 aromatic rings. The van der Waals surface area contributed by atoms with E-state index < -0.39 is 0 Å². The summed E-state index contributed by atoms with van der Waals surface area (Å²) in [5.74, 6) is 1.06. The zero-order chi connectivity index (χ0) is 7.14. The first-order chi connectivity index (χ1) is 4.77. The molecule has 0 aromatic carbocycles. The Labute approximate surface area is 63.9 Å². The minimum atomic E-state index is 0.00199. The molecule has 2 amide bonds. The quantitative estimate of drug-likeness (QED) is 0.493. The van der Waals surface area contributed by atoms with E-state index in [0.717, 1.165) is 5.75 Å². The lowest BCUT2D eigenvalue weighted by Gasteiger charge is -2.09. The molecule has 4 heteroatoms. The minimum absolute atomic E-state index is 0.00199. The van der Waals surface area contributed by atoms with Gasteiger partial charge in [-0.15, -0.1) is 0 Å². The molecule has 0 aliphatic carbocycles. The van der Waals surface area contributed by atoms with E-state index in [1.807, 2.05) is 11.8 Å². The summed E-state index contributed by atoms with van der Waals surface area (Å²) < 4.78 is 0. The van der Waals surface area contributed by atoms with E-state index >= 15 is 0 Å². The highest BCUT2D eigenvalue weighted by Gasteiger charge is 2.40. The Morgan fingerprint density at radius 3 is 3.10 bits per heavy atom. The number of hydrogen-bond acceptors (Lipinski definition) is 2. The predicted molar refractivity (Wildman–Crippen MR) is 41.2 cm³/mol. The maximum Gasteiger partial charge on any atom is 0.315 e. The van der Waals surface area contributed by atoms with Crippen LogP contribution in [0, 0.1) is 0 Å². The maximum atomic E-state index is 10.8. The first-order valence-electron chi connectivity index (χ1n) is 3.46. The highest BCUT2D eigenvalue weighted by atomic mass is 32.2. The van der Waals surface area contributed by atoms with Gasteiger partial charge in [0.05, 0.1) is 12.1 Å². The summed E-state index contributed by atoms with van der Waals surface area (Å²) in [7, 11) is 0. The van der Waals surface area contributed by atoms with Gasteiger partial charge in [0.2, 0.25) is 0 Å². The summed E-state index contributed by atoms with van der Waals surface area (Å²) in [4.78, 5) is 10.8. The van der Waals surface area contributed by atoms with Crippen molar-refractivity contribution in [3.8, 4) is 0 Å². The minimum Gasteiger partial charge on any atom is -0.332 e. The van der Waals surface area contributed by atoms with Gasteiger partial charge in [-0.05, 0) is 0 Å². The van der Waals surface area contributed by atoms with Crippen LogP contribution in [0.5, 0.6) is 0 Å². The van der Waals surface area contributed by atoms with Gasteiger partial charge in [-0.2, -0.15) is 11.8 Å². The number of carbonyl (C=O) groups is 1. The third-order valence-electron chi connectivity index (χ3n) is 2.09. The first-order valence-corrected chi connectivity index (χ1v) is 4.51. The van der Waals surface area contributed by atoms with Crippen molar-refractivity contribution in [1.82, 2.24) is 10.6 Å². The van der Waals surface area contributed by atoms with Gasteiger partial charge in [0.15, 0.2) is 0 Å². The average molecular weight is 158 g/mol. The highest BCUT2D eigenvalue weighted by Crippen LogP contribution is 2.28. The molecule has 2 N–H and O–H groups in total. The molecule has 3 nitrogen and oxygen atoms in total. The van der Waals surface area contributed by atoms with Crippen molar-refractivity contribution in [3.63, 3.8) is 0 Å². The molecule has 0 saturated carbocycles. The lowest BCUT2D eigenvalue weighted by Crippen LogP contribution is -2.35. The van der Waals surface area contributed by atoms with Crippen LogP contribution in [-0.4, -0.2) is 29.1 Å².